The number of rotatable bonds is 6. The molecule has 1 saturated heterocycles. The van der Waals surface area contributed by atoms with Gasteiger partial charge in [0.1, 0.15) is 18.5 Å². The van der Waals surface area contributed by atoms with E-state index in [0.717, 1.165) is 23.9 Å². The molecular weight excluding hydrogens is 308 g/mol. The lowest BCUT2D eigenvalue weighted by Gasteiger charge is -2.17. The van der Waals surface area contributed by atoms with E-state index in [1.54, 1.807) is 0 Å². The van der Waals surface area contributed by atoms with Crippen molar-refractivity contribution in [1.29, 1.82) is 0 Å². The molecule has 1 aliphatic heterocycles. The minimum atomic E-state index is -0.479. The van der Waals surface area contributed by atoms with Gasteiger partial charge in [0.05, 0.1) is 6.61 Å². The fraction of sp³-hybridized carbons (Fsp3) is 0.600. The number of ether oxygens (including phenoxy) is 3. The summed E-state index contributed by atoms with van der Waals surface area (Å²) < 4.78 is 16.9. The van der Waals surface area contributed by atoms with Crippen LogP contribution in [0, 0.1) is 0 Å². The van der Waals surface area contributed by atoms with Gasteiger partial charge < -0.3 is 14.2 Å². The van der Waals surface area contributed by atoms with Crippen molar-refractivity contribution in [2.75, 3.05) is 18.5 Å². The predicted octanol–water partition coefficient (Wildman–Crippen LogP) is 3.54. The highest BCUT2D eigenvalue weighted by Crippen LogP contribution is 2.23. The largest absolute Gasteiger partial charge is 0.491 e. The highest BCUT2D eigenvalue weighted by molar-refractivity contribution is 9.09. The van der Waals surface area contributed by atoms with Gasteiger partial charge in [-0.1, -0.05) is 28.1 Å². The fourth-order valence-corrected chi connectivity index (χ4v) is 2.34. The van der Waals surface area contributed by atoms with Gasteiger partial charge in [0.25, 0.3) is 0 Å². The normalized spacial score (nSPS) is 21.5. The first-order valence-corrected chi connectivity index (χ1v) is 7.81. The van der Waals surface area contributed by atoms with Crippen LogP contribution in [0.1, 0.15) is 25.8 Å². The van der Waals surface area contributed by atoms with Gasteiger partial charge >= 0.3 is 0 Å². The number of hydrogen-bond acceptors (Lipinski definition) is 3. The first-order valence-electron chi connectivity index (χ1n) is 6.68. The number of aryl methyl sites for hydroxylation is 1. The van der Waals surface area contributed by atoms with Crippen LogP contribution in [0.5, 0.6) is 5.75 Å². The first-order chi connectivity index (χ1) is 9.09. The molecule has 0 spiro atoms. The average molecular weight is 329 g/mol. The molecule has 1 atom stereocenters. The molecule has 0 saturated carbocycles. The van der Waals surface area contributed by atoms with Gasteiger partial charge in [-0.15, -0.1) is 0 Å². The number of hydrogen-bond donors (Lipinski definition) is 0. The Bertz CT molecular complexity index is 389. The fourth-order valence-electron chi connectivity index (χ4n) is 2.06. The van der Waals surface area contributed by atoms with Crippen LogP contribution < -0.4 is 4.74 Å². The van der Waals surface area contributed by atoms with Crippen LogP contribution in [0.3, 0.4) is 0 Å². The third-order valence-corrected chi connectivity index (χ3v) is 3.59. The molecule has 3 nitrogen and oxygen atoms in total. The van der Waals surface area contributed by atoms with Crippen LogP contribution in [0.2, 0.25) is 0 Å². The maximum Gasteiger partial charge on any atom is 0.163 e. The van der Waals surface area contributed by atoms with E-state index in [-0.39, 0.29) is 6.10 Å². The van der Waals surface area contributed by atoms with E-state index in [9.17, 15) is 0 Å². The molecule has 0 unspecified atom stereocenters. The van der Waals surface area contributed by atoms with Gasteiger partial charge in [0.15, 0.2) is 5.79 Å². The monoisotopic (exact) mass is 328 g/mol. The van der Waals surface area contributed by atoms with E-state index in [1.807, 2.05) is 26.0 Å². The average Bonchev–Trinajstić information content (AvgIpc) is 2.75. The van der Waals surface area contributed by atoms with Crippen LogP contribution >= 0.6 is 15.9 Å². The van der Waals surface area contributed by atoms with Crippen molar-refractivity contribution in [2.45, 2.75) is 38.6 Å². The second-order valence-corrected chi connectivity index (χ2v) is 5.99. The molecule has 4 heteroatoms. The minimum Gasteiger partial charge on any atom is -0.491 e. The predicted molar refractivity (Wildman–Crippen MR) is 79.0 cm³/mol. The molecule has 0 aliphatic carbocycles. The summed E-state index contributed by atoms with van der Waals surface area (Å²) in [6.45, 7) is 4.97. The van der Waals surface area contributed by atoms with Gasteiger partial charge in [0, 0.05) is 5.33 Å². The summed E-state index contributed by atoms with van der Waals surface area (Å²) in [7, 11) is 0. The Morgan fingerprint density at radius 1 is 1.32 bits per heavy atom. The van der Waals surface area contributed by atoms with Crippen LogP contribution in [0.25, 0.3) is 0 Å². The summed E-state index contributed by atoms with van der Waals surface area (Å²) >= 11 is 3.44. The van der Waals surface area contributed by atoms with Crippen molar-refractivity contribution in [3.63, 3.8) is 0 Å². The third kappa shape index (κ3) is 4.79. The molecule has 0 aromatic heterocycles. The maximum atomic E-state index is 5.73. The summed E-state index contributed by atoms with van der Waals surface area (Å²) in [4.78, 5) is 0. The SMILES string of the molecule is CC1(C)OC[C@@H](COc2ccc(CCCBr)cc2)O1. The first kappa shape index (κ1) is 14.8. The molecule has 1 heterocycles. The third-order valence-electron chi connectivity index (χ3n) is 3.03. The van der Waals surface area contributed by atoms with Crippen LogP contribution in [-0.4, -0.2) is 30.4 Å². The second kappa shape index (κ2) is 6.73. The summed E-state index contributed by atoms with van der Waals surface area (Å²) in [5, 5.41) is 1.04. The highest BCUT2D eigenvalue weighted by atomic mass is 79.9. The molecule has 0 N–H and O–H groups in total. The molecule has 1 aromatic rings. The summed E-state index contributed by atoms with van der Waals surface area (Å²) in [6.07, 6.45) is 2.27. The Morgan fingerprint density at radius 3 is 2.63 bits per heavy atom. The Morgan fingerprint density at radius 2 is 2.05 bits per heavy atom. The zero-order chi connectivity index (χ0) is 13.7. The highest BCUT2D eigenvalue weighted by Gasteiger charge is 2.32. The molecule has 0 bridgehead atoms. The Hall–Kier alpha value is -0.580. The summed E-state index contributed by atoms with van der Waals surface area (Å²) in [5.74, 6) is 0.406. The molecule has 2 rings (SSSR count). The van der Waals surface area contributed by atoms with E-state index in [1.165, 1.54) is 5.56 Å². The van der Waals surface area contributed by atoms with Crippen molar-refractivity contribution in [3.05, 3.63) is 29.8 Å². The van der Waals surface area contributed by atoms with Gasteiger partial charge in [-0.2, -0.15) is 0 Å². The topological polar surface area (TPSA) is 27.7 Å². The van der Waals surface area contributed by atoms with Gasteiger partial charge in [0.2, 0.25) is 0 Å². The summed E-state index contributed by atoms with van der Waals surface area (Å²) in [5.41, 5.74) is 1.34. The number of alkyl halides is 1. The van der Waals surface area contributed by atoms with Crippen LogP contribution in [-0.2, 0) is 15.9 Å². The van der Waals surface area contributed by atoms with Crippen LogP contribution in [0.4, 0.5) is 0 Å². The van der Waals surface area contributed by atoms with Crippen molar-refractivity contribution < 1.29 is 14.2 Å². The molecule has 106 valence electrons. The summed E-state index contributed by atoms with van der Waals surface area (Å²) in [6, 6.07) is 8.27. The molecular formula is C15H21BrO3. The lowest BCUT2D eigenvalue weighted by molar-refractivity contribution is -0.141. The Kier molecular flexibility index (Phi) is 5.25. The molecule has 0 radical (unpaired) electrons. The number of benzene rings is 1. The van der Waals surface area contributed by atoms with Crippen molar-refractivity contribution in [3.8, 4) is 5.75 Å². The Balaban J connectivity index is 1.77. The molecule has 1 aliphatic rings. The van der Waals surface area contributed by atoms with Crippen molar-refractivity contribution in [2.24, 2.45) is 0 Å². The standard InChI is InChI=1S/C15H21BrO3/c1-15(2)18-11-14(19-15)10-17-13-7-5-12(6-8-13)4-3-9-16/h5-8,14H,3-4,9-11H2,1-2H3/t14-/m1/s1. The lowest BCUT2D eigenvalue weighted by Crippen LogP contribution is -2.25. The maximum absolute atomic E-state index is 5.73. The quantitative estimate of drug-likeness (QED) is 0.747. The van der Waals surface area contributed by atoms with Crippen molar-refractivity contribution >= 4 is 15.9 Å². The van der Waals surface area contributed by atoms with E-state index in [0.29, 0.717) is 13.2 Å². The van der Waals surface area contributed by atoms with Gasteiger partial charge in [-0.25, -0.2) is 0 Å². The second-order valence-electron chi connectivity index (χ2n) is 5.20. The van der Waals surface area contributed by atoms with E-state index in [4.69, 9.17) is 14.2 Å². The van der Waals surface area contributed by atoms with Gasteiger partial charge in [-0.05, 0) is 44.4 Å². The lowest BCUT2D eigenvalue weighted by atomic mass is 10.1. The molecule has 1 fully saturated rings. The van der Waals surface area contributed by atoms with Gasteiger partial charge in [-0.3, -0.25) is 0 Å². The number of halogens is 1. The van der Waals surface area contributed by atoms with Crippen molar-refractivity contribution in [1.82, 2.24) is 0 Å². The van der Waals surface area contributed by atoms with E-state index >= 15 is 0 Å². The molecule has 0 amide bonds. The Labute approximate surface area is 123 Å². The zero-order valence-corrected chi connectivity index (χ0v) is 13.1. The molecule has 19 heavy (non-hydrogen) atoms. The van der Waals surface area contributed by atoms with Crippen LogP contribution in [0.15, 0.2) is 24.3 Å². The molecule has 1 aromatic carbocycles. The minimum absolute atomic E-state index is 0.0167. The van der Waals surface area contributed by atoms with E-state index in [2.05, 4.69) is 28.1 Å². The smallest absolute Gasteiger partial charge is 0.163 e. The zero-order valence-electron chi connectivity index (χ0n) is 11.5. The van der Waals surface area contributed by atoms with E-state index < -0.39 is 5.79 Å².